The largest absolute Gasteiger partial charge is 0.389 e. The average Bonchev–Trinajstić information content (AvgIpc) is 2.16. The summed E-state index contributed by atoms with van der Waals surface area (Å²) in [5.41, 5.74) is 6.00. The molecule has 0 aliphatic carbocycles. The number of aromatic amines is 1. The quantitative estimate of drug-likeness (QED) is 0.745. The molecule has 0 amide bonds. The van der Waals surface area contributed by atoms with Crippen molar-refractivity contribution in [2.45, 2.75) is 0 Å². The van der Waals surface area contributed by atoms with Gasteiger partial charge in [0, 0.05) is 10.5 Å². The van der Waals surface area contributed by atoms with Gasteiger partial charge in [0.05, 0.1) is 11.8 Å². The van der Waals surface area contributed by atoms with Crippen molar-refractivity contribution in [1.82, 2.24) is 10.2 Å². The van der Waals surface area contributed by atoms with Gasteiger partial charge in [-0.2, -0.15) is 5.10 Å². The van der Waals surface area contributed by atoms with E-state index in [-0.39, 0.29) is 10.5 Å². The van der Waals surface area contributed by atoms with Gasteiger partial charge in [-0.05, 0) is 6.26 Å². The third kappa shape index (κ3) is 2.02. The molecule has 1 aromatic rings. The van der Waals surface area contributed by atoms with Gasteiger partial charge in [0.2, 0.25) is 0 Å². The van der Waals surface area contributed by atoms with Gasteiger partial charge >= 0.3 is 0 Å². The zero-order valence-corrected chi connectivity index (χ0v) is 9.17. The first-order valence-electron chi connectivity index (χ1n) is 3.68. The molecule has 0 atom stereocenters. The lowest BCUT2D eigenvalue weighted by atomic mass is 10.1. The molecule has 0 spiro atoms. The van der Waals surface area contributed by atoms with Gasteiger partial charge < -0.3 is 5.73 Å². The van der Waals surface area contributed by atoms with Gasteiger partial charge in [-0.3, -0.25) is 4.79 Å². The summed E-state index contributed by atoms with van der Waals surface area (Å²) in [6.45, 7) is 3.75. The maximum Gasteiger partial charge on any atom is 0.273 e. The number of H-pyrrole nitrogens is 1. The number of rotatable bonds is 3. The SMILES string of the molecule is C=C(SC)c1c(C(N)=S)cn[nH]c1=O. The second-order valence-electron chi connectivity index (χ2n) is 2.48. The van der Waals surface area contributed by atoms with Crippen LogP contribution in [0, 0.1) is 0 Å². The van der Waals surface area contributed by atoms with Crippen LogP contribution in [0.4, 0.5) is 0 Å². The lowest BCUT2D eigenvalue weighted by Gasteiger charge is -2.06. The molecule has 3 N–H and O–H groups in total. The van der Waals surface area contributed by atoms with Crippen LogP contribution >= 0.6 is 24.0 Å². The molecule has 0 fully saturated rings. The number of nitrogens with zero attached hydrogens (tertiary/aromatic N) is 1. The summed E-state index contributed by atoms with van der Waals surface area (Å²) in [6.07, 6.45) is 3.26. The Balaban J connectivity index is 3.45. The zero-order chi connectivity index (χ0) is 10.7. The highest BCUT2D eigenvalue weighted by atomic mass is 32.2. The van der Waals surface area contributed by atoms with Gasteiger partial charge in [0.25, 0.3) is 5.56 Å². The second-order valence-corrected chi connectivity index (χ2v) is 3.82. The standard InChI is InChI=1S/C8H9N3OS2/c1-4(14-2)6-5(7(9)13)3-10-11-8(6)12/h3H,1H2,2H3,(H2,9,13)(H,11,12). The lowest BCUT2D eigenvalue weighted by Crippen LogP contribution is -2.21. The third-order valence-corrected chi connectivity index (χ3v) is 2.56. The first kappa shape index (κ1) is 10.9. The van der Waals surface area contributed by atoms with Crippen LogP contribution in [0.25, 0.3) is 4.91 Å². The Bertz CT molecular complexity index is 438. The van der Waals surface area contributed by atoms with E-state index in [0.29, 0.717) is 16.0 Å². The summed E-state index contributed by atoms with van der Waals surface area (Å²) in [6, 6.07) is 0. The molecule has 1 rings (SSSR count). The van der Waals surface area contributed by atoms with Crippen LogP contribution in [-0.4, -0.2) is 21.4 Å². The molecule has 1 heterocycles. The van der Waals surface area contributed by atoms with Gasteiger partial charge in [-0.25, -0.2) is 5.10 Å². The summed E-state index contributed by atoms with van der Waals surface area (Å²) in [7, 11) is 0. The summed E-state index contributed by atoms with van der Waals surface area (Å²) < 4.78 is 0. The van der Waals surface area contributed by atoms with E-state index in [4.69, 9.17) is 18.0 Å². The molecule has 4 nitrogen and oxygen atoms in total. The fourth-order valence-corrected chi connectivity index (χ4v) is 1.53. The molecule has 74 valence electrons. The number of aromatic nitrogens is 2. The Morgan fingerprint density at radius 2 is 2.43 bits per heavy atom. The number of hydrogen-bond acceptors (Lipinski definition) is 4. The van der Waals surface area contributed by atoms with Crippen LogP contribution in [0.1, 0.15) is 11.1 Å². The Kier molecular flexibility index (Phi) is 3.43. The van der Waals surface area contributed by atoms with Crippen LogP contribution in [0.2, 0.25) is 0 Å². The molecule has 14 heavy (non-hydrogen) atoms. The highest BCUT2D eigenvalue weighted by Crippen LogP contribution is 2.21. The fraction of sp³-hybridized carbons (Fsp3) is 0.125. The van der Waals surface area contributed by atoms with E-state index in [1.165, 1.54) is 18.0 Å². The summed E-state index contributed by atoms with van der Waals surface area (Å²) in [5, 5.41) is 5.94. The van der Waals surface area contributed by atoms with Crippen molar-refractivity contribution < 1.29 is 0 Å². The van der Waals surface area contributed by atoms with E-state index in [1.54, 1.807) is 0 Å². The molecule has 0 bridgehead atoms. The minimum atomic E-state index is -0.324. The molecule has 0 saturated carbocycles. The molecule has 6 heteroatoms. The summed E-state index contributed by atoms with van der Waals surface area (Å²) in [4.78, 5) is 12.2. The molecule has 0 saturated heterocycles. The Hall–Kier alpha value is -1.14. The van der Waals surface area contributed by atoms with Gasteiger partial charge in [-0.15, -0.1) is 11.8 Å². The number of nitrogens with two attached hydrogens (primary N) is 1. The molecule has 0 unspecified atom stereocenters. The topological polar surface area (TPSA) is 71.8 Å². The van der Waals surface area contributed by atoms with Crippen LogP contribution in [-0.2, 0) is 0 Å². The normalized spacial score (nSPS) is 9.79. The minimum Gasteiger partial charge on any atom is -0.389 e. The van der Waals surface area contributed by atoms with Crippen molar-refractivity contribution in [3.63, 3.8) is 0 Å². The number of thioether (sulfide) groups is 1. The van der Waals surface area contributed by atoms with Crippen molar-refractivity contribution in [3.8, 4) is 0 Å². The average molecular weight is 227 g/mol. The van der Waals surface area contributed by atoms with Crippen LogP contribution in [0.15, 0.2) is 17.6 Å². The van der Waals surface area contributed by atoms with E-state index in [0.717, 1.165) is 0 Å². The smallest absolute Gasteiger partial charge is 0.273 e. The first-order chi connectivity index (χ1) is 6.57. The molecular weight excluding hydrogens is 218 g/mol. The van der Waals surface area contributed by atoms with Crippen molar-refractivity contribution in [2.75, 3.05) is 6.26 Å². The number of nitrogens with one attached hydrogen (secondary N) is 1. The third-order valence-electron chi connectivity index (χ3n) is 1.65. The molecular formula is C8H9N3OS2. The number of hydrogen-bond donors (Lipinski definition) is 2. The van der Waals surface area contributed by atoms with Gasteiger partial charge in [0.1, 0.15) is 4.99 Å². The van der Waals surface area contributed by atoms with E-state index in [1.807, 2.05) is 6.26 Å². The van der Waals surface area contributed by atoms with E-state index < -0.39 is 0 Å². The van der Waals surface area contributed by atoms with Crippen molar-refractivity contribution in [2.24, 2.45) is 5.73 Å². The predicted molar refractivity (Wildman–Crippen MR) is 63.3 cm³/mol. The Morgan fingerprint density at radius 1 is 1.79 bits per heavy atom. The maximum absolute atomic E-state index is 11.4. The minimum absolute atomic E-state index is 0.147. The van der Waals surface area contributed by atoms with Crippen LogP contribution in [0.3, 0.4) is 0 Å². The Labute approximate surface area is 90.6 Å². The highest BCUT2D eigenvalue weighted by molar-refractivity contribution is 8.07. The molecule has 1 aromatic heterocycles. The van der Waals surface area contributed by atoms with Crippen molar-refractivity contribution in [1.29, 1.82) is 0 Å². The molecule has 0 aromatic carbocycles. The maximum atomic E-state index is 11.4. The highest BCUT2D eigenvalue weighted by Gasteiger charge is 2.12. The van der Waals surface area contributed by atoms with Gasteiger partial charge in [0.15, 0.2) is 0 Å². The lowest BCUT2D eigenvalue weighted by molar-refractivity contribution is 0.979. The van der Waals surface area contributed by atoms with E-state index in [9.17, 15) is 4.79 Å². The monoisotopic (exact) mass is 227 g/mol. The van der Waals surface area contributed by atoms with Crippen LogP contribution < -0.4 is 11.3 Å². The first-order valence-corrected chi connectivity index (χ1v) is 5.32. The molecule has 0 aliphatic heterocycles. The summed E-state index contributed by atoms with van der Waals surface area (Å²) in [5.74, 6) is 0. The number of thiocarbonyl (C=S) groups is 1. The van der Waals surface area contributed by atoms with E-state index >= 15 is 0 Å². The predicted octanol–water partition coefficient (Wildman–Crippen LogP) is 0.738. The van der Waals surface area contributed by atoms with Crippen molar-refractivity contribution >= 4 is 33.9 Å². The van der Waals surface area contributed by atoms with Gasteiger partial charge in [-0.1, -0.05) is 18.8 Å². The summed E-state index contributed by atoms with van der Waals surface area (Å²) >= 11 is 6.18. The zero-order valence-electron chi connectivity index (χ0n) is 7.53. The molecule has 0 aliphatic rings. The fourth-order valence-electron chi connectivity index (χ4n) is 0.964. The van der Waals surface area contributed by atoms with Crippen LogP contribution in [0.5, 0.6) is 0 Å². The second kappa shape index (κ2) is 4.39. The van der Waals surface area contributed by atoms with Crippen molar-refractivity contribution in [3.05, 3.63) is 34.3 Å². The van der Waals surface area contributed by atoms with E-state index in [2.05, 4.69) is 16.8 Å². The molecule has 0 radical (unpaired) electrons. The Morgan fingerprint density at radius 3 is 2.93 bits per heavy atom.